The van der Waals surface area contributed by atoms with E-state index in [1.54, 1.807) is 24.3 Å². The van der Waals surface area contributed by atoms with Crippen LogP contribution >= 0.6 is 11.3 Å². The topological polar surface area (TPSA) is 95.5 Å². The first kappa shape index (κ1) is 19.5. The van der Waals surface area contributed by atoms with Crippen LogP contribution in [0.1, 0.15) is 55.9 Å². The van der Waals surface area contributed by atoms with Crippen molar-refractivity contribution >= 4 is 39.9 Å². The maximum absolute atomic E-state index is 13.5. The molecule has 1 saturated heterocycles. The molecule has 1 fully saturated rings. The summed E-state index contributed by atoms with van der Waals surface area (Å²) in [6, 6.07) is 6.93. The number of benzene rings is 1. The van der Waals surface area contributed by atoms with Crippen molar-refractivity contribution in [1.29, 1.82) is 0 Å². The monoisotopic (exact) mass is 413 g/mol. The summed E-state index contributed by atoms with van der Waals surface area (Å²) >= 11 is 1.30. The molecular weight excluding hydrogens is 390 g/mol. The quantitative estimate of drug-likeness (QED) is 0.835. The maximum atomic E-state index is 13.5. The Balaban J connectivity index is 1.77. The summed E-state index contributed by atoms with van der Waals surface area (Å²) in [5, 5.41) is 12.2. The lowest BCUT2D eigenvalue weighted by Gasteiger charge is -2.48. The number of anilines is 2. The minimum absolute atomic E-state index is 0.175. The van der Waals surface area contributed by atoms with Crippen LogP contribution in [0.15, 0.2) is 24.3 Å². The zero-order valence-corrected chi connectivity index (χ0v) is 17.7. The van der Waals surface area contributed by atoms with Crippen LogP contribution in [-0.4, -0.2) is 45.0 Å². The highest BCUT2D eigenvalue weighted by molar-refractivity contribution is 7.15. The minimum atomic E-state index is -1.40. The zero-order valence-electron chi connectivity index (χ0n) is 16.9. The number of nitrogens with zero attached hydrogens (tertiary/aromatic N) is 4. The van der Waals surface area contributed by atoms with E-state index >= 15 is 0 Å². The fourth-order valence-corrected chi connectivity index (χ4v) is 4.78. The van der Waals surface area contributed by atoms with Crippen molar-refractivity contribution in [2.45, 2.75) is 51.6 Å². The molecule has 2 aliphatic heterocycles. The molecule has 29 heavy (non-hydrogen) atoms. The summed E-state index contributed by atoms with van der Waals surface area (Å²) in [7, 11) is 0. The standard InChI is InChI=1S/C20H23N5O3S/c1-5-24-15(27)12-8-6-7-9-13(12)25-14(26)10-11-20(24,25)16(28)21-18-23-22-17(29-18)19(2,3)4/h6-9H,5,10-11H2,1-4H3,(H,21,23,28). The number of para-hydroxylation sites is 1. The Kier molecular flexibility index (Phi) is 4.45. The Hall–Kier alpha value is -2.81. The highest BCUT2D eigenvalue weighted by atomic mass is 32.1. The number of amides is 3. The van der Waals surface area contributed by atoms with E-state index in [1.807, 2.05) is 27.7 Å². The Morgan fingerprint density at radius 3 is 2.62 bits per heavy atom. The summed E-state index contributed by atoms with van der Waals surface area (Å²) in [6.45, 7) is 8.17. The third-order valence-corrected chi connectivity index (χ3v) is 6.61. The molecule has 0 bridgehead atoms. The van der Waals surface area contributed by atoms with Gasteiger partial charge in [-0.25, -0.2) is 0 Å². The summed E-state index contributed by atoms with van der Waals surface area (Å²) in [6.07, 6.45) is 0.422. The van der Waals surface area contributed by atoms with Crippen molar-refractivity contribution in [3.05, 3.63) is 34.8 Å². The molecular formula is C20H23N5O3S. The van der Waals surface area contributed by atoms with Crippen LogP contribution in [0.4, 0.5) is 10.8 Å². The van der Waals surface area contributed by atoms with Gasteiger partial charge >= 0.3 is 0 Å². The van der Waals surface area contributed by atoms with Gasteiger partial charge in [-0.3, -0.25) is 24.6 Å². The molecule has 0 saturated carbocycles. The normalized spacial score (nSPS) is 21.2. The molecule has 1 N–H and O–H groups in total. The van der Waals surface area contributed by atoms with Crippen molar-refractivity contribution in [1.82, 2.24) is 15.1 Å². The van der Waals surface area contributed by atoms with Crippen LogP contribution in [0.2, 0.25) is 0 Å². The molecule has 2 aromatic rings. The first-order valence-electron chi connectivity index (χ1n) is 9.59. The van der Waals surface area contributed by atoms with E-state index < -0.39 is 11.6 Å². The number of likely N-dealkylation sites (N-methyl/N-ethyl adjacent to an activating group) is 1. The van der Waals surface area contributed by atoms with Gasteiger partial charge in [0.1, 0.15) is 5.01 Å². The van der Waals surface area contributed by atoms with E-state index in [-0.39, 0.29) is 30.1 Å². The molecule has 152 valence electrons. The van der Waals surface area contributed by atoms with Gasteiger partial charge in [0, 0.05) is 24.8 Å². The van der Waals surface area contributed by atoms with Crippen LogP contribution in [0.25, 0.3) is 0 Å². The second-order valence-corrected chi connectivity index (χ2v) is 9.21. The second kappa shape index (κ2) is 6.62. The largest absolute Gasteiger partial charge is 0.307 e. The average molecular weight is 414 g/mol. The predicted octanol–water partition coefficient (Wildman–Crippen LogP) is 2.77. The molecule has 3 amide bonds. The number of rotatable bonds is 3. The molecule has 1 unspecified atom stereocenters. The molecule has 0 spiro atoms. The van der Waals surface area contributed by atoms with Crippen LogP contribution in [-0.2, 0) is 15.0 Å². The van der Waals surface area contributed by atoms with E-state index in [0.717, 1.165) is 5.01 Å². The molecule has 9 heteroatoms. The number of carbonyl (C=O) groups is 3. The number of hydrogen-bond donors (Lipinski definition) is 1. The fraction of sp³-hybridized carbons (Fsp3) is 0.450. The highest BCUT2D eigenvalue weighted by Crippen LogP contribution is 2.45. The molecule has 3 heterocycles. The van der Waals surface area contributed by atoms with Gasteiger partial charge in [0.15, 0.2) is 0 Å². The van der Waals surface area contributed by atoms with E-state index in [0.29, 0.717) is 22.9 Å². The van der Waals surface area contributed by atoms with Gasteiger partial charge < -0.3 is 4.90 Å². The Morgan fingerprint density at radius 1 is 1.24 bits per heavy atom. The van der Waals surface area contributed by atoms with Gasteiger partial charge in [-0.15, -0.1) is 10.2 Å². The van der Waals surface area contributed by atoms with Crippen molar-refractivity contribution in [3.8, 4) is 0 Å². The molecule has 1 aromatic carbocycles. The van der Waals surface area contributed by atoms with Gasteiger partial charge in [0.2, 0.25) is 16.7 Å². The third kappa shape index (κ3) is 2.83. The lowest BCUT2D eigenvalue weighted by atomic mass is 9.95. The van der Waals surface area contributed by atoms with Crippen LogP contribution in [0.5, 0.6) is 0 Å². The molecule has 0 aliphatic carbocycles. The lowest BCUT2D eigenvalue weighted by Crippen LogP contribution is -2.69. The molecule has 1 atom stereocenters. The van der Waals surface area contributed by atoms with E-state index in [1.165, 1.54) is 21.1 Å². The number of hydrogen-bond acceptors (Lipinski definition) is 6. The summed E-state index contributed by atoms with van der Waals surface area (Å²) in [5.41, 5.74) is -0.680. The van der Waals surface area contributed by atoms with Gasteiger partial charge in [-0.05, 0) is 19.1 Å². The first-order valence-corrected chi connectivity index (χ1v) is 10.4. The highest BCUT2D eigenvalue weighted by Gasteiger charge is 2.60. The van der Waals surface area contributed by atoms with Crippen molar-refractivity contribution in [2.75, 3.05) is 16.8 Å². The summed E-state index contributed by atoms with van der Waals surface area (Å²) in [5.74, 6) is -0.868. The number of nitrogens with one attached hydrogen (secondary N) is 1. The smallest absolute Gasteiger partial charge is 0.273 e. The second-order valence-electron chi connectivity index (χ2n) is 8.23. The van der Waals surface area contributed by atoms with E-state index in [2.05, 4.69) is 15.5 Å². The number of fused-ring (bicyclic) bond motifs is 3. The van der Waals surface area contributed by atoms with Crippen molar-refractivity contribution in [2.24, 2.45) is 0 Å². The first-order chi connectivity index (χ1) is 13.7. The molecule has 8 nitrogen and oxygen atoms in total. The van der Waals surface area contributed by atoms with Crippen molar-refractivity contribution in [3.63, 3.8) is 0 Å². The Labute approximate surface area is 172 Å². The maximum Gasteiger partial charge on any atom is 0.273 e. The van der Waals surface area contributed by atoms with E-state index in [9.17, 15) is 14.4 Å². The predicted molar refractivity (Wildman–Crippen MR) is 110 cm³/mol. The molecule has 0 radical (unpaired) electrons. The van der Waals surface area contributed by atoms with Gasteiger partial charge in [0.25, 0.3) is 11.8 Å². The van der Waals surface area contributed by atoms with Crippen molar-refractivity contribution < 1.29 is 14.4 Å². The number of carbonyl (C=O) groups excluding carboxylic acids is 3. The number of aromatic nitrogens is 2. The summed E-state index contributed by atoms with van der Waals surface area (Å²) in [4.78, 5) is 42.5. The van der Waals surface area contributed by atoms with Gasteiger partial charge in [-0.2, -0.15) is 0 Å². The third-order valence-electron chi connectivity index (χ3n) is 5.34. The van der Waals surface area contributed by atoms with Gasteiger partial charge in [-0.1, -0.05) is 44.2 Å². The van der Waals surface area contributed by atoms with Gasteiger partial charge in [0.05, 0.1) is 11.3 Å². The SMILES string of the molecule is CCN1C(=O)c2ccccc2N2C(=O)CCC12C(=O)Nc1nnc(C(C)(C)C)s1. The zero-order chi connectivity index (χ0) is 21.0. The average Bonchev–Trinajstić information content (AvgIpc) is 3.28. The Morgan fingerprint density at radius 2 is 1.97 bits per heavy atom. The Bertz CT molecular complexity index is 1010. The fourth-order valence-electron chi connectivity index (χ4n) is 3.98. The minimum Gasteiger partial charge on any atom is -0.307 e. The molecule has 1 aromatic heterocycles. The summed E-state index contributed by atoms with van der Waals surface area (Å²) < 4.78 is 0. The van der Waals surface area contributed by atoms with Crippen LogP contribution < -0.4 is 10.2 Å². The molecule has 4 rings (SSSR count). The van der Waals surface area contributed by atoms with E-state index in [4.69, 9.17) is 0 Å². The van der Waals surface area contributed by atoms with Crippen LogP contribution in [0, 0.1) is 0 Å². The van der Waals surface area contributed by atoms with Crippen LogP contribution in [0.3, 0.4) is 0 Å². The lowest BCUT2D eigenvalue weighted by molar-refractivity contribution is -0.128. The molecule has 2 aliphatic rings.